The van der Waals surface area contributed by atoms with E-state index in [2.05, 4.69) is 11.8 Å². The number of nitrogens with zero attached hydrogens (tertiary/aromatic N) is 1. The molecule has 2 heteroatoms. The van der Waals surface area contributed by atoms with Gasteiger partial charge in [-0.25, -0.2) is 0 Å². The molecule has 0 spiro atoms. The third kappa shape index (κ3) is 3.22. The highest BCUT2D eigenvalue weighted by Gasteiger charge is 2.20. The van der Waals surface area contributed by atoms with Crippen molar-refractivity contribution in [3.05, 3.63) is 29.8 Å². The minimum Gasteiger partial charge on any atom is -0.508 e. The first-order valence-corrected chi connectivity index (χ1v) is 6.82. The molecule has 94 valence electrons. The minimum atomic E-state index is 0.432. The third-order valence-corrected chi connectivity index (χ3v) is 3.86. The molecule has 17 heavy (non-hydrogen) atoms. The summed E-state index contributed by atoms with van der Waals surface area (Å²) in [5.74, 6) is 0.432. The number of para-hydroxylation sites is 1. The molecule has 0 bridgehead atoms. The van der Waals surface area contributed by atoms with Crippen LogP contribution in [0.3, 0.4) is 0 Å². The highest BCUT2D eigenvalue weighted by Crippen LogP contribution is 2.25. The Kier molecular flexibility index (Phi) is 4.43. The maximum atomic E-state index is 9.83. The van der Waals surface area contributed by atoms with E-state index in [0.717, 1.165) is 18.7 Å². The molecule has 1 saturated carbocycles. The van der Waals surface area contributed by atoms with E-state index >= 15 is 0 Å². The highest BCUT2D eigenvalue weighted by molar-refractivity contribution is 5.31. The zero-order valence-corrected chi connectivity index (χ0v) is 10.7. The fourth-order valence-electron chi connectivity index (χ4n) is 2.81. The van der Waals surface area contributed by atoms with Gasteiger partial charge in [0.15, 0.2) is 0 Å². The molecule has 2 rings (SSSR count). The fraction of sp³-hybridized carbons (Fsp3) is 0.600. The average Bonchev–Trinajstić information content (AvgIpc) is 2.39. The molecule has 0 heterocycles. The molecule has 1 aliphatic rings. The Bertz CT molecular complexity index is 345. The van der Waals surface area contributed by atoms with Gasteiger partial charge in [0.1, 0.15) is 5.75 Å². The fourth-order valence-corrected chi connectivity index (χ4v) is 2.81. The molecule has 0 radical (unpaired) electrons. The second-order valence-electron chi connectivity index (χ2n) is 4.98. The Balaban J connectivity index is 2.01. The Morgan fingerprint density at radius 3 is 2.53 bits per heavy atom. The van der Waals surface area contributed by atoms with Gasteiger partial charge < -0.3 is 5.11 Å². The van der Waals surface area contributed by atoms with Crippen LogP contribution in [0.25, 0.3) is 0 Å². The smallest absolute Gasteiger partial charge is 0.120 e. The number of rotatable bonds is 4. The lowest BCUT2D eigenvalue weighted by atomic mass is 9.94. The number of aromatic hydroxyl groups is 1. The van der Waals surface area contributed by atoms with Gasteiger partial charge in [0.05, 0.1) is 0 Å². The van der Waals surface area contributed by atoms with Crippen LogP contribution in [-0.4, -0.2) is 22.6 Å². The second-order valence-corrected chi connectivity index (χ2v) is 4.98. The molecule has 0 amide bonds. The Morgan fingerprint density at radius 1 is 1.18 bits per heavy atom. The van der Waals surface area contributed by atoms with E-state index in [1.165, 1.54) is 32.1 Å². The van der Waals surface area contributed by atoms with Crippen LogP contribution >= 0.6 is 0 Å². The van der Waals surface area contributed by atoms with E-state index < -0.39 is 0 Å². The van der Waals surface area contributed by atoms with Crippen molar-refractivity contribution in [1.29, 1.82) is 0 Å². The van der Waals surface area contributed by atoms with Crippen LogP contribution in [-0.2, 0) is 6.54 Å². The van der Waals surface area contributed by atoms with Crippen molar-refractivity contribution in [2.24, 2.45) is 0 Å². The summed E-state index contributed by atoms with van der Waals surface area (Å²) in [6.45, 7) is 4.17. The van der Waals surface area contributed by atoms with Crippen molar-refractivity contribution in [2.45, 2.75) is 51.6 Å². The molecule has 1 fully saturated rings. The highest BCUT2D eigenvalue weighted by atomic mass is 16.3. The van der Waals surface area contributed by atoms with Crippen LogP contribution in [0, 0.1) is 0 Å². The number of phenols is 1. The molecular formula is C15H23NO. The van der Waals surface area contributed by atoms with E-state index in [1.54, 1.807) is 6.07 Å². The Hall–Kier alpha value is -1.02. The second kappa shape index (κ2) is 6.06. The van der Waals surface area contributed by atoms with Crippen molar-refractivity contribution >= 4 is 0 Å². The van der Waals surface area contributed by atoms with Crippen LogP contribution in [0.4, 0.5) is 0 Å². The summed E-state index contributed by atoms with van der Waals surface area (Å²) in [4.78, 5) is 2.51. The van der Waals surface area contributed by atoms with Crippen molar-refractivity contribution in [3.63, 3.8) is 0 Å². The lowest BCUT2D eigenvalue weighted by Gasteiger charge is -2.33. The molecule has 0 atom stereocenters. The normalized spacial score (nSPS) is 17.5. The van der Waals surface area contributed by atoms with Gasteiger partial charge in [0.2, 0.25) is 0 Å². The predicted octanol–water partition coefficient (Wildman–Crippen LogP) is 3.55. The van der Waals surface area contributed by atoms with Gasteiger partial charge in [-0.1, -0.05) is 44.4 Å². The molecule has 0 aromatic heterocycles. The van der Waals surface area contributed by atoms with Crippen molar-refractivity contribution < 1.29 is 5.11 Å². The lowest BCUT2D eigenvalue weighted by molar-refractivity contribution is 0.154. The van der Waals surface area contributed by atoms with Crippen LogP contribution in [0.1, 0.15) is 44.6 Å². The minimum absolute atomic E-state index is 0.432. The van der Waals surface area contributed by atoms with Gasteiger partial charge in [-0.05, 0) is 25.5 Å². The molecular weight excluding hydrogens is 210 g/mol. The van der Waals surface area contributed by atoms with Crippen LogP contribution < -0.4 is 0 Å². The molecule has 1 aromatic carbocycles. The summed E-state index contributed by atoms with van der Waals surface area (Å²) < 4.78 is 0. The summed E-state index contributed by atoms with van der Waals surface area (Å²) >= 11 is 0. The van der Waals surface area contributed by atoms with Crippen molar-refractivity contribution in [3.8, 4) is 5.75 Å². The van der Waals surface area contributed by atoms with Crippen LogP contribution in [0.5, 0.6) is 5.75 Å². The zero-order valence-electron chi connectivity index (χ0n) is 10.7. The van der Waals surface area contributed by atoms with Gasteiger partial charge in [0.25, 0.3) is 0 Å². The topological polar surface area (TPSA) is 23.5 Å². The summed E-state index contributed by atoms with van der Waals surface area (Å²) in [6.07, 6.45) is 6.76. The first-order valence-electron chi connectivity index (χ1n) is 6.82. The summed E-state index contributed by atoms with van der Waals surface area (Å²) in [5.41, 5.74) is 1.06. The van der Waals surface area contributed by atoms with Gasteiger partial charge >= 0.3 is 0 Å². The van der Waals surface area contributed by atoms with Crippen LogP contribution in [0.2, 0.25) is 0 Å². The molecule has 0 unspecified atom stereocenters. The third-order valence-electron chi connectivity index (χ3n) is 3.86. The summed E-state index contributed by atoms with van der Waals surface area (Å²) in [5, 5.41) is 9.83. The molecule has 1 aromatic rings. The maximum Gasteiger partial charge on any atom is 0.120 e. The molecule has 2 nitrogen and oxygen atoms in total. The van der Waals surface area contributed by atoms with E-state index in [1.807, 2.05) is 18.2 Å². The van der Waals surface area contributed by atoms with E-state index in [0.29, 0.717) is 11.8 Å². The zero-order chi connectivity index (χ0) is 12.1. The summed E-state index contributed by atoms with van der Waals surface area (Å²) in [7, 11) is 0. The van der Waals surface area contributed by atoms with Gasteiger partial charge in [0, 0.05) is 18.2 Å². The van der Waals surface area contributed by atoms with Crippen LogP contribution in [0.15, 0.2) is 24.3 Å². The largest absolute Gasteiger partial charge is 0.508 e. The quantitative estimate of drug-likeness (QED) is 0.859. The van der Waals surface area contributed by atoms with Crippen molar-refractivity contribution in [1.82, 2.24) is 4.90 Å². The Morgan fingerprint density at radius 2 is 1.88 bits per heavy atom. The monoisotopic (exact) mass is 233 g/mol. The van der Waals surface area contributed by atoms with E-state index in [4.69, 9.17) is 0 Å². The Labute approximate surface area is 104 Å². The lowest BCUT2D eigenvalue weighted by Crippen LogP contribution is -2.36. The van der Waals surface area contributed by atoms with Gasteiger partial charge in [-0.15, -0.1) is 0 Å². The van der Waals surface area contributed by atoms with Gasteiger partial charge in [-0.3, -0.25) is 4.90 Å². The van der Waals surface area contributed by atoms with Crippen molar-refractivity contribution in [2.75, 3.05) is 6.54 Å². The number of hydrogen-bond acceptors (Lipinski definition) is 2. The SMILES string of the molecule is CCN(Cc1ccccc1O)C1CCCCC1. The number of hydrogen-bond donors (Lipinski definition) is 1. The first-order chi connectivity index (χ1) is 8.31. The maximum absolute atomic E-state index is 9.83. The molecule has 0 aliphatic heterocycles. The molecule has 1 aliphatic carbocycles. The molecule has 1 N–H and O–H groups in total. The van der Waals surface area contributed by atoms with E-state index in [-0.39, 0.29) is 0 Å². The summed E-state index contributed by atoms with van der Waals surface area (Å²) in [6, 6.07) is 8.41. The van der Waals surface area contributed by atoms with E-state index in [9.17, 15) is 5.11 Å². The predicted molar refractivity (Wildman–Crippen MR) is 71.1 cm³/mol. The van der Waals surface area contributed by atoms with Gasteiger partial charge in [-0.2, -0.15) is 0 Å². The average molecular weight is 233 g/mol. The number of phenolic OH excluding ortho intramolecular Hbond substituents is 1. The standard InChI is InChI=1S/C15H23NO/c1-2-16(14-9-4-3-5-10-14)12-13-8-6-7-11-15(13)17/h6-8,11,14,17H,2-5,9-10,12H2,1H3. The first kappa shape index (κ1) is 12.4. The molecule has 0 saturated heterocycles. The number of benzene rings is 1.